The number of fused-ring (bicyclic) bond motifs is 1. The Hall–Kier alpha value is -1.35. The van der Waals surface area contributed by atoms with Crippen LogP contribution in [0.2, 0.25) is 5.02 Å². The van der Waals surface area contributed by atoms with Gasteiger partial charge in [-0.15, -0.1) is 0 Å². The van der Waals surface area contributed by atoms with Gasteiger partial charge in [-0.3, -0.25) is 9.37 Å². The highest BCUT2D eigenvalue weighted by Crippen LogP contribution is 2.24. The highest BCUT2D eigenvalue weighted by molar-refractivity contribution is 6.35. The summed E-state index contributed by atoms with van der Waals surface area (Å²) in [6, 6.07) is 7.41. The molecule has 0 radical (unpaired) electrons. The molecule has 1 aromatic heterocycles. The van der Waals surface area contributed by atoms with Crippen molar-refractivity contribution in [3.05, 3.63) is 35.5 Å². The predicted octanol–water partition coefficient (Wildman–Crippen LogP) is 3.48. The lowest BCUT2D eigenvalue weighted by Gasteiger charge is -2.02. The summed E-state index contributed by atoms with van der Waals surface area (Å²) in [5.41, 5.74) is 0.854. The molecule has 0 aliphatic carbocycles. The first-order chi connectivity index (χ1) is 7.31. The molecule has 0 unspecified atom stereocenters. The van der Waals surface area contributed by atoms with Crippen LogP contribution in [0.25, 0.3) is 10.9 Å². The summed E-state index contributed by atoms with van der Waals surface area (Å²) in [6.45, 7) is 0. The zero-order valence-electron chi connectivity index (χ0n) is 8.50. The minimum atomic E-state index is 0.500. The Morgan fingerprint density at radius 3 is 2.67 bits per heavy atom. The van der Waals surface area contributed by atoms with E-state index in [2.05, 4.69) is 4.98 Å². The van der Waals surface area contributed by atoms with E-state index in [9.17, 15) is 4.39 Å². The van der Waals surface area contributed by atoms with Crippen molar-refractivity contribution in [1.82, 2.24) is 4.98 Å². The van der Waals surface area contributed by atoms with E-state index in [-0.39, 0.29) is 0 Å². The van der Waals surface area contributed by atoms with Crippen LogP contribution in [0.1, 0.15) is 0 Å². The number of pyridine rings is 1. The molecule has 0 saturated heterocycles. The number of nitrogens with zero attached hydrogens (tertiary/aromatic N) is 1. The minimum absolute atomic E-state index is 0.500. The molecule has 0 N–H and O–H groups in total. The number of hydrogen-bond acceptors (Lipinski definition) is 2. The van der Waals surface area contributed by atoms with Crippen molar-refractivity contribution < 1.29 is 9.13 Å². The van der Waals surface area contributed by atoms with Crippen LogP contribution in [0, 0.1) is 0 Å². The first-order valence-electron chi connectivity index (χ1n) is 4.27. The van der Waals surface area contributed by atoms with Crippen LogP contribution in [-0.2, 0) is 0 Å². The molecule has 0 fully saturated rings. The Morgan fingerprint density at radius 2 is 2.00 bits per heavy atom. The largest absolute Gasteiger partial charge is 0.497 e. The van der Waals surface area contributed by atoms with Gasteiger partial charge >= 0.3 is 0 Å². The molecule has 15 heavy (non-hydrogen) atoms. The van der Waals surface area contributed by atoms with E-state index in [1.165, 1.54) is 0 Å². The van der Waals surface area contributed by atoms with Gasteiger partial charge in [0.15, 0.2) is 0 Å². The average Bonchev–Trinajstić information content (AvgIpc) is 2.31. The molecular formula is C11H11ClFNO. The van der Waals surface area contributed by atoms with Crippen molar-refractivity contribution in [2.45, 2.75) is 0 Å². The Bertz CT molecular complexity index is 448. The minimum Gasteiger partial charge on any atom is -0.497 e. The Balaban J connectivity index is 0.000000531. The Kier molecular flexibility index (Phi) is 4.31. The highest BCUT2D eigenvalue weighted by Gasteiger charge is 2.00. The van der Waals surface area contributed by atoms with Gasteiger partial charge in [0.1, 0.15) is 5.75 Å². The first-order valence-corrected chi connectivity index (χ1v) is 4.65. The van der Waals surface area contributed by atoms with Crippen LogP contribution in [-0.4, -0.2) is 19.3 Å². The zero-order chi connectivity index (χ0) is 11.3. The van der Waals surface area contributed by atoms with Crippen molar-refractivity contribution in [1.29, 1.82) is 0 Å². The Labute approximate surface area is 92.7 Å². The second kappa shape index (κ2) is 5.51. The number of methoxy groups -OCH3 is 1. The number of ether oxygens (including phenoxy) is 1. The number of aromatic nitrogens is 1. The summed E-state index contributed by atoms with van der Waals surface area (Å²) in [5.74, 6) is 0.794. The van der Waals surface area contributed by atoms with E-state index < -0.39 is 0 Å². The second-order valence-electron chi connectivity index (χ2n) is 2.68. The van der Waals surface area contributed by atoms with E-state index >= 15 is 0 Å². The van der Waals surface area contributed by atoms with Crippen LogP contribution in [0.15, 0.2) is 30.5 Å². The fraction of sp³-hybridized carbons (Fsp3) is 0.182. The van der Waals surface area contributed by atoms with E-state index in [1.807, 2.05) is 18.2 Å². The molecule has 1 aromatic carbocycles. The molecule has 2 nitrogen and oxygen atoms in total. The van der Waals surface area contributed by atoms with E-state index in [1.54, 1.807) is 19.4 Å². The molecule has 0 saturated carbocycles. The molecule has 0 bridgehead atoms. The molecule has 0 aliphatic rings. The highest BCUT2D eigenvalue weighted by atomic mass is 35.5. The molecule has 0 atom stereocenters. The third-order valence-corrected chi connectivity index (χ3v) is 2.23. The van der Waals surface area contributed by atoms with Crippen molar-refractivity contribution in [2.75, 3.05) is 14.3 Å². The topological polar surface area (TPSA) is 22.1 Å². The van der Waals surface area contributed by atoms with E-state index in [0.717, 1.165) is 16.7 Å². The molecular weight excluding hydrogens is 217 g/mol. The van der Waals surface area contributed by atoms with Crippen LogP contribution in [0.4, 0.5) is 4.39 Å². The van der Waals surface area contributed by atoms with Gasteiger partial charge in [0.2, 0.25) is 0 Å². The van der Waals surface area contributed by atoms with Crippen molar-refractivity contribution in [2.24, 2.45) is 0 Å². The van der Waals surface area contributed by atoms with Gasteiger partial charge in [0.05, 0.1) is 24.8 Å². The number of hydrogen-bond donors (Lipinski definition) is 0. The van der Waals surface area contributed by atoms with Crippen LogP contribution >= 0.6 is 11.6 Å². The zero-order valence-corrected chi connectivity index (χ0v) is 9.25. The van der Waals surface area contributed by atoms with Gasteiger partial charge < -0.3 is 4.74 Å². The normalized spacial score (nSPS) is 9.33. The molecule has 80 valence electrons. The Morgan fingerprint density at radius 1 is 1.27 bits per heavy atom. The lowest BCUT2D eigenvalue weighted by Crippen LogP contribution is -1.84. The van der Waals surface area contributed by atoms with Crippen LogP contribution < -0.4 is 4.74 Å². The van der Waals surface area contributed by atoms with E-state index in [0.29, 0.717) is 12.2 Å². The fourth-order valence-corrected chi connectivity index (χ4v) is 1.44. The summed E-state index contributed by atoms with van der Waals surface area (Å²) < 4.78 is 14.6. The number of rotatable bonds is 1. The summed E-state index contributed by atoms with van der Waals surface area (Å²) in [4.78, 5) is 4.19. The number of halogens is 2. The van der Waals surface area contributed by atoms with Gasteiger partial charge in [0.25, 0.3) is 0 Å². The quantitative estimate of drug-likeness (QED) is 0.744. The lowest BCUT2D eigenvalue weighted by atomic mass is 10.2. The fourth-order valence-electron chi connectivity index (χ4n) is 1.22. The summed E-state index contributed by atoms with van der Waals surface area (Å²) >= 11 is 5.97. The third-order valence-electron chi connectivity index (χ3n) is 1.90. The van der Waals surface area contributed by atoms with Gasteiger partial charge in [-0.2, -0.15) is 0 Å². The number of alkyl halides is 1. The molecule has 0 spiro atoms. The third kappa shape index (κ3) is 2.57. The van der Waals surface area contributed by atoms with Crippen molar-refractivity contribution in [3.8, 4) is 5.75 Å². The predicted molar refractivity (Wildman–Crippen MR) is 60.3 cm³/mol. The van der Waals surface area contributed by atoms with Crippen molar-refractivity contribution in [3.63, 3.8) is 0 Å². The molecule has 0 aliphatic heterocycles. The second-order valence-corrected chi connectivity index (χ2v) is 3.08. The molecule has 2 aromatic rings. The maximum atomic E-state index is 9.50. The molecule has 2 rings (SSSR count). The van der Waals surface area contributed by atoms with Crippen LogP contribution in [0.5, 0.6) is 5.75 Å². The monoisotopic (exact) mass is 227 g/mol. The standard InChI is InChI=1S/C10H8ClNO.CH3F/c1-13-7-2-3-8-9(11)4-5-12-10(8)6-7;1-2/h2-6H,1H3;1H3. The first kappa shape index (κ1) is 11.7. The summed E-state index contributed by atoms with van der Waals surface area (Å²) in [7, 11) is 2.13. The molecule has 0 amide bonds. The van der Waals surface area contributed by atoms with Gasteiger partial charge in [-0.05, 0) is 18.2 Å². The van der Waals surface area contributed by atoms with Crippen molar-refractivity contribution >= 4 is 22.5 Å². The van der Waals surface area contributed by atoms with E-state index in [4.69, 9.17) is 16.3 Å². The van der Waals surface area contributed by atoms with Gasteiger partial charge in [-0.1, -0.05) is 11.6 Å². The summed E-state index contributed by atoms with van der Waals surface area (Å²) in [5, 5.41) is 1.66. The van der Waals surface area contributed by atoms with Gasteiger partial charge in [0, 0.05) is 17.6 Å². The maximum absolute atomic E-state index is 9.50. The summed E-state index contributed by atoms with van der Waals surface area (Å²) in [6.07, 6.45) is 1.68. The average molecular weight is 228 g/mol. The van der Waals surface area contributed by atoms with Gasteiger partial charge in [-0.25, -0.2) is 0 Å². The smallest absolute Gasteiger partial charge is 0.121 e. The lowest BCUT2D eigenvalue weighted by molar-refractivity contribution is 0.415. The SMILES string of the molecule is CF.COc1ccc2c(Cl)ccnc2c1. The van der Waals surface area contributed by atoms with Crippen LogP contribution in [0.3, 0.4) is 0 Å². The molecule has 4 heteroatoms. The maximum Gasteiger partial charge on any atom is 0.121 e. The molecule has 1 heterocycles. The number of benzene rings is 1.